The van der Waals surface area contributed by atoms with Crippen molar-refractivity contribution in [3.63, 3.8) is 0 Å². The molecule has 1 heterocycles. The minimum Gasteiger partial charge on any atom is -0.313 e. The van der Waals surface area contributed by atoms with E-state index < -0.39 is 0 Å². The highest BCUT2D eigenvalue weighted by Crippen LogP contribution is 2.00. The number of hydrogen-bond donors (Lipinski definition) is 1. The number of nitrogens with one attached hydrogen (secondary N) is 1. The molecular weight excluding hydrogens is 198 g/mol. The largest absolute Gasteiger partial charge is 0.313 e. The van der Waals surface area contributed by atoms with Crippen molar-refractivity contribution >= 4 is 0 Å². The second kappa shape index (κ2) is 8.04. The number of nitrogens with zero attached hydrogens (tertiary/aromatic N) is 2. The highest BCUT2D eigenvalue weighted by Gasteiger charge is 2.12. The van der Waals surface area contributed by atoms with Crippen molar-refractivity contribution in [1.29, 1.82) is 0 Å². The normalized spacial score (nSPS) is 21.2. The van der Waals surface area contributed by atoms with Gasteiger partial charge in [-0.05, 0) is 20.4 Å². The van der Waals surface area contributed by atoms with Gasteiger partial charge in [-0.15, -0.1) is 0 Å². The zero-order valence-corrected chi connectivity index (χ0v) is 11.3. The summed E-state index contributed by atoms with van der Waals surface area (Å²) in [6, 6.07) is 0.687. The van der Waals surface area contributed by atoms with E-state index in [9.17, 15) is 0 Å². The highest BCUT2D eigenvalue weighted by molar-refractivity contribution is 4.70. The first-order valence-corrected chi connectivity index (χ1v) is 6.86. The molecule has 1 unspecified atom stereocenters. The molecule has 3 heteroatoms. The fraction of sp³-hybridized carbons (Fsp3) is 1.00. The lowest BCUT2D eigenvalue weighted by Crippen LogP contribution is -2.47. The molecular formula is C13H29N3. The Kier molecular flexibility index (Phi) is 7.01. The topological polar surface area (TPSA) is 18.5 Å². The van der Waals surface area contributed by atoms with Crippen molar-refractivity contribution < 1.29 is 0 Å². The van der Waals surface area contributed by atoms with E-state index in [-0.39, 0.29) is 0 Å². The second-order valence-electron chi connectivity index (χ2n) is 5.14. The van der Waals surface area contributed by atoms with Crippen molar-refractivity contribution in [3.05, 3.63) is 0 Å². The minimum atomic E-state index is 0.687. The highest BCUT2D eigenvalue weighted by atomic mass is 15.2. The Bertz CT molecular complexity index is 165. The van der Waals surface area contributed by atoms with Crippen LogP contribution in [0.2, 0.25) is 0 Å². The van der Waals surface area contributed by atoms with E-state index in [0.29, 0.717) is 6.04 Å². The molecule has 16 heavy (non-hydrogen) atoms. The molecule has 96 valence electrons. The van der Waals surface area contributed by atoms with Crippen molar-refractivity contribution in [1.82, 2.24) is 15.1 Å². The van der Waals surface area contributed by atoms with Crippen LogP contribution in [0.15, 0.2) is 0 Å². The second-order valence-corrected chi connectivity index (χ2v) is 5.14. The molecule has 1 atom stereocenters. The van der Waals surface area contributed by atoms with Gasteiger partial charge in [-0.2, -0.15) is 0 Å². The molecule has 0 aromatic carbocycles. The van der Waals surface area contributed by atoms with Gasteiger partial charge in [0.15, 0.2) is 0 Å². The summed E-state index contributed by atoms with van der Waals surface area (Å²) in [7, 11) is 2.21. The Morgan fingerprint density at radius 1 is 1.19 bits per heavy atom. The lowest BCUT2D eigenvalue weighted by Gasteiger charge is -2.32. The van der Waals surface area contributed by atoms with Gasteiger partial charge in [0.25, 0.3) is 0 Å². The van der Waals surface area contributed by atoms with Gasteiger partial charge >= 0.3 is 0 Å². The number of likely N-dealkylation sites (N-methyl/N-ethyl adjacent to an activating group) is 1. The van der Waals surface area contributed by atoms with Crippen molar-refractivity contribution in [3.8, 4) is 0 Å². The molecule has 0 spiro atoms. The summed E-state index contributed by atoms with van der Waals surface area (Å²) >= 11 is 0. The van der Waals surface area contributed by atoms with Crippen LogP contribution in [0.5, 0.6) is 0 Å². The third-order valence-electron chi connectivity index (χ3n) is 3.51. The molecule has 0 radical (unpaired) electrons. The van der Waals surface area contributed by atoms with Gasteiger partial charge in [-0.3, -0.25) is 4.90 Å². The molecule has 0 saturated carbocycles. The van der Waals surface area contributed by atoms with Crippen LogP contribution < -0.4 is 5.32 Å². The Morgan fingerprint density at radius 2 is 1.88 bits per heavy atom. The SMILES string of the molecule is CCCCC(C)NCCN1CCN(C)CC1. The van der Waals surface area contributed by atoms with E-state index in [1.807, 2.05) is 0 Å². The molecule has 0 aliphatic carbocycles. The van der Waals surface area contributed by atoms with Crippen LogP contribution >= 0.6 is 0 Å². The van der Waals surface area contributed by atoms with E-state index in [1.165, 1.54) is 52.0 Å². The van der Waals surface area contributed by atoms with Gasteiger partial charge in [-0.25, -0.2) is 0 Å². The minimum absolute atomic E-state index is 0.687. The number of piperazine rings is 1. The van der Waals surface area contributed by atoms with Gasteiger partial charge < -0.3 is 10.2 Å². The third kappa shape index (κ3) is 5.83. The summed E-state index contributed by atoms with van der Waals surface area (Å²) in [5.41, 5.74) is 0. The molecule has 3 nitrogen and oxygen atoms in total. The monoisotopic (exact) mass is 227 g/mol. The van der Waals surface area contributed by atoms with Crippen molar-refractivity contribution in [2.45, 2.75) is 39.2 Å². The number of unbranched alkanes of at least 4 members (excludes halogenated alkanes) is 1. The van der Waals surface area contributed by atoms with E-state index in [2.05, 4.69) is 36.0 Å². The molecule has 1 fully saturated rings. The summed E-state index contributed by atoms with van der Waals surface area (Å²) < 4.78 is 0. The maximum Gasteiger partial charge on any atom is 0.0110 e. The van der Waals surface area contributed by atoms with Gasteiger partial charge in [-0.1, -0.05) is 19.8 Å². The molecule has 1 aliphatic rings. The Hall–Kier alpha value is -0.120. The quantitative estimate of drug-likeness (QED) is 0.709. The number of rotatable bonds is 7. The van der Waals surface area contributed by atoms with Crippen LogP contribution in [0.4, 0.5) is 0 Å². The zero-order chi connectivity index (χ0) is 11.8. The molecule has 1 N–H and O–H groups in total. The fourth-order valence-electron chi connectivity index (χ4n) is 2.15. The third-order valence-corrected chi connectivity index (χ3v) is 3.51. The summed E-state index contributed by atoms with van der Waals surface area (Å²) in [6.07, 6.45) is 3.98. The molecule has 1 saturated heterocycles. The van der Waals surface area contributed by atoms with E-state index in [0.717, 1.165) is 6.54 Å². The average Bonchev–Trinajstić information content (AvgIpc) is 2.29. The first-order valence-electron chi connectivity index (χ1n) is 6.86. The van der Waals surface area contributed by atoms with E-state index in [4.69, 9.17) is 0 Å². The van der Waals surface area contributed by atoms with Crippen molar-refractivity contribution in [2.75, 3.05) is 46.3 Å². The lowest BCUT2D eigenvalue weighted by molar-refractivity contribution is 0.153. The smallest absolute Gasteiger partial charge is 0.0110 e. The first kappa shape index (κ1) is 13.9. The maximum atomic E-state index is 3.62. The van der Waals surface area contributed by atoms with Gasteiger partial charge in [0, 0.05) is 45.3 Å². The van der Waals surface area contributed by atoms with Crippen molar-refractivity contribution in [2.24, 2.45) is 0 Å². The molecule has 0 amide bonds. The predicted molar refractivity (Wildman–Crippen MR) is 70.9 cm³/mol. The summed E-state index contributed by atoms with van der Waals surface area (Å²) in [5, 5.41) is 3.62. The van der Waals surface area contributed by atoms with Crippen LogP contribution in [-0.2, 0) is 0 Å². The van der Waals surface area contributed by atoms with Crippen LogP contribution in [0.25, 0.3) is 0 Å². The molecule has 0 bridgehead atoms. The Balaban J connectivity index is 1.98. The van der Waals surface area contributed by atoms with Gasteiger partial charge in [0.1, 0.15) is 0 Å². The summed E-state index contributed by atoms with van der Waals surface area (Å²) in [5.74, 6) is 0. The van der Waals surface area contributed by atoms with Crippen LogP contribution in [0.1, 0.15) is 33.1 Å². The molecule has 1 rings (SSSR count). The molecule has 0 aromatic rings. The van der Waals surface area contributed by atoms with Crippen LogP contribution in [0, 0.1) is 0 Å². The first-order chi connectivity index (χ1) is 7.72. The van der Waals surface area contributed by atoms with Gasteiger partial charge in [0.05, 0.1) is 0 Å². The average molecular weight is 227 g/mol. The number of hydrogen-bond acceptors (Lipinski definition) is 3. The van der Waals surface area contributed by atoms with Gasteiger partial charge in [0.2, 0.25) is 0 Å². The van der Waals surface area contributed by atoms with Crippen LogP contribution in [-0.4, -0.2) is 62.2 Å². The molecule has 1 aliphatic heterocycles. The lowest BCUT2D eigenvalue weighted by atomic mass is 10.1. The summed E-state index contributed by atoms with van der Waals surface area (Å²) in [4.78, 5) is 4.98. The van der Waals surface area contributed by atoms with Crippen LogP contribution in [0.3, 0.4) is 0 Å². The molecule has 0 aromatic heterocycles. The Morgan fingerprint density at radius 3 is 2.50 bits per heavy atom. The zero-order valence-electron chi connectivity index (χ0n) is 11.3. The predicted octanol–water partition coefficient (Wildman–Crippen LogP) is 1.40. The standard InChI is InChI=1S/C13H29N3/c1-4-5-6-13(2)14-7-8-16-11-9-15(3)10-12-16/h13-14H,4-12H2,1-3H3. The Labute approximate surface area is 101 Å². The summed E-state index contributed by atoms with van der Waals surface area (Å²) in [6.45, 7) is 11.9. The van der Waals surface area contributed by atoms with E-state index in [1.54, 1.807) is 0 Å². The van der Waals surface area contributed by atoms with E-state index >= 15 is 0 Å². The fourth-order valence-corrected chi connectivity index (χ4v) is 2.15. The maximum absolute atomic E-state index is 3.62.